The number of aryl methyl sites for hydroxylation is 1. The molecule has 0 aliphatic heterocycles. The van der Waals surface area contributed by atoms with E-state index in [4.69, 9.17) is 0 Å². The number of aromatic nitrogens is 2. The van der Waals surface area contributed by atoms with E-state index in [0.29, 0.717) is 12.0 Å². The molecule has 1 atom stereocenters. The molecule has 1 aromatic rings. The Balaban J connectivity index is 2.68. The average molecular weight is 252 g/mol. The van der Waals surface area contributed by atoms with E-state index in [1.807, 2.05) is 0 Å². The molecular formula is C14H28N4. The predicted molar refractivity (Wildman–Crippen MR) is 78.2 cm³/mol. The highest BCUT2D eigenvalue weighted by Gasteiger charge is 2.12. The van der Waals surface area contributed by atoms with Crippen molar-refractivity contribution in [3.05, 3.63) is 11.9 Å². The van der Waals surface area contributed by atoms with E-state index in [1.54, 1.807) is 0 Å². The van der Waals surface area contributed by atoms with Gasteiger partial charge in [-0.2, -0.15) is 0 Å². The van der Waals surface area contributed by atoms with Gasteiger partial charge in [0.15, 0.2) is 0 Å². The Bertz CT molecular complexity index is 355. The lowest BCUT2D eigenvalue weighted by Crippen LogP contribution is -2.19. The standard InChI is InChI=1S/C14H28N4/c1-11(2)9-15-14-16-12(3)10-18(14)13(4)7-8-17(5)6/h10-11,13H,7-9H2,1-6H3,(H,15,16). The zero-order chi connectivity index (χ0) is 13.7. The smallest absolute Gasteiger partial charge is 0.203 e. The van der Waals surface area contributed by atoms with E-state index in [0.717, 1.165) is 31.2 Å². The summed E-state index contributed by atoms with van der Waals surface area (Å²) in [6.07, 6.45) is 3.28. The van der Waals surface area contributed by atoms with Crippen molar-refractivity contribution in [1.29, 1.82) is 0 Å². The van der Waals surface area contributed by atoms with Gasteiger partial charge in [0, 0.05) is 18.8 Å². The maximum Gasteiger partial charge on any atom is 0.203 e. The molecule has 0 fully saturated rings. The minimum Gasteiger partial charge on any atom is -0.355 e. The summed E-state index contributed by atoms with van der Waals surface area (Å²) in [6.45, 7) is 10.8. The minimum atomic E-state index is 0.475. The van der Waals surface area contributed by atoms with Gasteiger partial charge in [0.25, 0.3) is 0 Å². The molecule has 0 aromatic carbocycles. The zero-order valence-electron chi connectivity index (χ0n) is 12.7. The maximum absolute atomic E-state index is 4.57. The van der Waals surface area contributed by atoms with Crippen LogP contribution in [0.15, 0.2) is 6.20 Å². The quantitative estimate of drug-likeness (QED) is 0.810. The summed E-state index contributed by atoms with van der Waals surface area (Å²) in [4.78, 5) is 6.79. The SMILES string of the molecule is Cc1cn(C(C)CCN(C)C)c(NCC(C)C)n1. The second kappa shape index (κ2) is 6.78. The molecule has 1 heterocycles. The van der Waals surface area contributed by atoms with E-state index in [2.05, 4.69) is 67.8 Å². The molecule has 1 rings (SSSR count). The first kappa shape index (κ1) is 15.0. The van der Waals surface area contributed by atoms with Crippen molar-refractivity contribution >= 4 is 5.95 Å². The Hall–Kier alpha value is -1.03. The first-order chi connectivity index (χ1) is 8.40. The van der Waals surface area contributed by atoms with Crippen LogP contribution in [0.3, 0.4) is 0 Å². The molecule has 0 saturated carbocycles. The summed E-state index contributed by atoms with van der Waals surface area (Å²) in [6, 6.07) is 0.475. The summed E-state index contributed by atoms with van der Waals surface area (Å²) in [7, 11) is 4.23. The monoisotopic (exact) mass is 252 g/mol. The second-order valence-electron chi connectivity index (χ2n) is 5.83. The Labute approximate surface area is 111 Å². The lowest BCUT2D eigenvalue weighted by atomic mass is 10.2. The maximum atomic E-state index is 4.57. The Morgan fingerprint density at radius 3 is 2.56 bits per heavy atom. The van der Waals surface area contributed by atoms with E-state index in [-0.39, 0.29) is 0 Å². The van der Waals surface area contributed by atoms with Crippen LogP contribution in [0.1, 0.15) is 38.9 Å². The van der Waals surface area contributed by atoms with Gasteiger partial charge < -0.3 is 14.8 Å². The molecule has 0 radical (unpaired) electrons. The topological polar surface area (TPSA) is 33.1 Å². The van der Waals surface area contributed by atoms with Crippen molar-refractivity contribution in [3.8, 4) is 0 Å². The van der Waals surface area contributed by atoms with Gasteiger partial charge in [-0.15, -0.1) is 0 Å². The van der Waals surface area contributed by atoms with Gasteiger partial charge in [0.1, 0.15) is 0 Å². The number of imidazole rings is 1. The molecule has 1 unspecified atom stereocenters. The lowest BCUT2D eigenvalue weighted by Gasteiger charge is -2.19. The Morgan fingerprint density at radius 1 is 1.33 bits per heavy atom. The molecule has 1 aromatic heterocycles. The normalized spacial score (nSPS) is 13.3. The van der Waals surface area contributed by atoms with Gasteiger partial charge in [-0.25, -0.2) is 4.98 Å². The third-order valence-corrected chi connectivity index (χ3v) is 2.99. The highest BCUT2D eigenvalue weighted by atomic mass is 15.2. The van der Waals surface area contributed by atoms with Crippen LogP contribution >= 0.6 is 0 Å². The van der Waals surface area contributed by atoms with Crippen LogP contribution in [0, 0.1) is 12.8 Å². The fourth-order valence-electron chi connectivity index (χ4n) is 1.86. The van der Waals surface area contributed by atoms with Crippen molar-refractivity contribution in [3.63, 3.8) is 0 Å². The van der Waals surface area contributed by atoms with Crippen LogP contribution in [0.25, 0.3) is 0 Å². The minimum absolute atomic E-state index is 0.475. The molecule has 18 heavy (non-hydrogen) atoms. The van der Waals surface area contributed by atoms with E-state index < -0.39 is 0 Å². The number of hydrogen-bond acceptors (Lipinski definition) is 3. The van der Waals surface area contributed by atoms with Crippen LogP contribution in [0.4, 0.5) is 5.95 Å². The number of nitrogens with zero attached hydrogens (tertiary/aromatic N) is 3. The van der Waals surface area contributed by atoms with Gasteiger partial charge in [-0.05, 0) is 46.8 Å². The molecule has 0 bridgehead atoms. The summed E-state index contributed by atoms with van der Waals surface area (Å²) in [5.74, 6) is 1.64. The third-order valence-electron chi connectivity index (χ3n) is 2.99. The fraction of sp³-hybridized carbons (Fsp3) is 0.786. The molecule has 0 aliphatic carbocycles. The van der Waals surface area contributed by atoms with Crippen molar-refractivity contribution < 1.29 is 0 Å². The molecule has 0 aliphatic rings. The summed E-state index contributed by atoms with van der Waals surface area (Å²) in [5.41, 5.74) is 1.08. The van der Waals surface area contributed by atoms with E-state index >= 15 is 0 Å². The molecule has 0 saturated heterocycles. The number of rotatable bonds is 7. The van der Waals surface area contributed by atoms with Gasteiger partial charge in [-0.3, -0.25) is 0 Å². The van der Waals surface area contributed by atoms with Crippen LogP contribution in [0.5, 0.6) is 0 Å². The lowest BCUT2D eigenvalue weighted by molar-refractivity contribution is 0.359. The van der Waals surface area contributed by atoms with Crippen molar-refractivity contribution in [2.75, 3.05) is 32.5 Å². The predicted octanol–water partition coefficient (Wildman–Crippen LogP) is 2.77. The van der Waals surface area contributed by atoms with Crippen molar-refractivity contribution in [2.45, 2.75) is 40.2 Å². The van der Waals surface area contributed by atoms with Gasteiger partial charge in [0.2, 0.25) is 5.95 Å². The van der Waals surface area contributed by atoms with Crippen molar-refractivity contribution in [1.82, 2.24) is 14.5 Å². The molecular weight excluding hydrogens is 224 g/mol. The highest BCUT2D eigenvalue weighted by molar-refractivity contribution is 5.29. The molecule has 1 N–H and O–H groups in total. The first-order valence-corrected chi connectivity index (χ1v) is 6.84. The summed E-state index contributed by atoms with van der Waals surface area (Å²) in [5, 5.41) is 3.44. The average Bonchev–Trinajstić information content (AvgIpc) is 2.64. The molecule has 4 heteroatoms. The number of anilines is 1. The largest absolute Gasteiger partial charge is 0.355 e. The van der Waals surface area contributed by atoms with Crippen LogP contribution in [0.2, 0.25) is 0 Å². The fourth-order valence-corrected chi connectivity index (χ4v) is 1.86. The summed E-state index contributed by atoms with van der Waals surface area (Å²) >= 11 is 0. The van der Waals surface area contributed by atoms with E-state index in [1.165, 1.54) is 0 Å². The first-order valence-electron chi connectivity index (χ1n) is 6.84. The van der Waals surface area contributed by atoms with Crippen LogP contribution in [-0.4, -0.2) is 41.6 Å². The number of nitrogens with one attached hydrogen (secondary N) is 1. The Kier molecular flexibility index (Phi) is 5.66. The number of hydrogen-bond donors (Lipinski definition) is 1. The van der Waals surface area contributed by atoms with Crippen molar-refractivity contribution in [2.24, 2.45) is 5.92 Å². The summed E-state index contributed by atoms with van der Waals surface area (Å²) < 4.78 is 2.27. The molecule has 4 nitrogen and oxygen atoms in total. The molecule has 0 spiro atoms. The van der Waals surface area contributed by atoms with E-state index in [9.17, 15) is 0 Å². The van der Waals surface area contributed by atoms with Gasteiger partial charge in [-0.1, -0.05) is 13.8 Å². The van der Waals surface area contributed by atoms with Crippen LogP contribution < -0.4 is 5.32 Å². The highest BCUT2D eigenvalue weighted by Crippen LogP contribution is 2.19. The van der Waals surface area contributed by atoms with Gasteiger partial charge in [0.05, 0.1) is 5.69 Å². The van der Waals surface area contributed by atoms with Crippen LogP contribution in [-0.2, 0) is 0 Å². The Morgan fingerprint density at radius 2 is 2.00 bits per heavy atom. The van der Waals surface area contributed by atoms with Gasteiger partial charge >= 0.3 is 0 Å². The molecule has 104 valence electrons. The zero-order valence-corrected chi connectivity index (χ0v) is 12.7. The second-order valence-corrected chi connectivity index (χ2v) is 5.83. The molecule has 0 amide bonds. The third kappa shape index (κ3) is 4.69.